The Morgan fingerprint density at radius 2 is 1.64 bits per heavy atom. The number of methoxy groups -OCH3 is 1. The Morgan fingerprint density at radius 3 is 2.30 bits per heavy atom. The van der Waals surface area contributed by atoms with E-state index in [0.717, 1.165) is 19.3 Å². The molecule has 8 heteroatoms. The van der Waals surface area contributed by atoms with Crippen molar-refractivity contribution >= 4 is 15.8 Å². The molecule has 0 fully saturated rings. The number of nitrogens with zero attached hydrogens (tertiary/aromatic N) is 1. The molecule has 1 aromatic heterocycles. The number of pyridine rings is 1. The average Bonchev–Trinajstić information content (AvgIpc) is 2.84. The molecule has 174 valence electrons. The largest absolute Gasteiger partial charge is 0.497 e. The van der Waals surface area contributed by atoms with Crippen molar-refractivity contribution in [3.63, 3.8) is 0 Å². The highest BCUT2D eigenvalue weighted by Gasteiger charge is 2.25. The van der Waals surface area contributed by atoms with Crippen molar-refractivity contribution in [2.75, 3.05) is 7.11 Å². The minimum Gasteiger partial charge on any atom is -0.497 e. The second-order valence-corrected chi connectivity index (χ2v) is 9.19. The van der Waals surface area contributed by atoms with Gasteiger partial charge in [-0.2, -0.15) is 0 Å². The van der Waals surface area contributed by atoms with Gasteiger partial charge in [-0.3, -0.25) is 4.79 Å². The van der Waals surface area contributed by atoms with E-state index < -0.39 is 9.84 Å². The second kappa shape index (κ2) is 11.5. The van der Waals surface area contributed by atoms with Crippen LogP contribution >= 0.6 is 0 Å². The summed E-state index contributed by atoms with van der Waals surface area (Å²) in [5, 5.41) is -0.220. The molecular formula is C25H27NO6S. The molecule has 0 aliphatic heterocycles. The van der Waals surface area contributed by atoms with E-state index in [1.807, 2.05) is 13.0 Å². The maximum absolute atomic E-state index is 13.4. The zero-order chi connectivity index (χ0) is 23.7. The number of para-hydroxylation sites is 1. The van der Waals surface area contributed by atoms with Crippen molar-refractivity contribution in [3.8, 4) is 17.4 Å². The van der Waals surface area contributed by atoms with E-state index in [0.29, 0.717) is 11.5 Å². The molecule has 0 aliphatic carbocycles. The van der Waals surface area contributed by atoms with E-state index in [1.165, 1.54) is 19.2 Å². The first kappa shape index (κ1) is 24.3. The van der Waals surface area contributed by atoms with Crippen LogP contribution in [-0.4, -0.2) is 26.5 Å². The summed E-state index contributed by atoms with van der Waals surface area (Å²) in [5.41, 5.74) is 0.273. The molecule has 0 atom stereocenters. The number of esters is 1. The van der Waals surface area contributed by atoms with E-state index in [2.05, 4.69) is 4.98 Å². The summed E-state index contributed by atoms with van der Waals surface area (Å²) in [7, 11) is -2.51. The first-order valence-corrected chi connectivity index (χ1v) is 12.2. The Morgan fingerprint density at radius 1 is 0.909 bits per heavy atom. The number of rotatable bonds is 11. The molecule has 3 aromatic rings. The molecule has 0 spiro atoms. The molecule has 0 unspecified atom stereocenters. The fourth-order valence-corrected chi connectivity index (χ4v) is 4.48. The summed E-state index contributed by atoms with van der Waals surface area (Å²) in [6.07, 6.45) is 2.94. The average molecular weight is 470 g/mol. The van der Waals surface area contributed by atoms with Gasteiger partial charge in [-0.05, 0) is 48.9 Å². The third kappa shape index (κ3) is 6.55. The fourth-order valence-electron chi connectivity index (χ4n) is 3.08. The number of aromatic nitrogens is 1. The smallest absolute Gasteiger partial charge is 0.306 e. The molecule has 2 aromatic carbocycles. The van der Waals surface area contributed by atoms with Crippen molar-refractivity contribution in [2.24, 2.45) is 0 Å². The second-order valence-electron chi connectivity index (χ2n) is 7.33. The van der Waals surface area contributed by atoms with Crippen molar-refractivity contribution in [1.29, 1.82) is 0 Å². The number of unbranched alkanes of at least 4 members (excludes halogenated alkanes) is 2. The Kier molecular flexibility index (Phi) is 8.43. The van der Waals surface area contributed by atoms with Crippen LogP contribution in [0.15, 0.2) is 76.7 Å². The zero-order valence-electron chi connectivity index (χ0n) is 18.7. The fraction of sp³-hybridized carbons (Fsp3) is 0.280. The van der Waals surface area contributed by atoms with Gasteiger partial charge in [0.2, 0.25) is 15.7 Å². The van der Waals surface area contributed by atoms with Crippen LogP contribution in [0.2, 0.25) is 0 Å². The molecule has 3 rings (SSSR count). The van der Waals surface area contributed by atoms with Crippen LogP contribution in [0.25, 0.3) is 0 Å². The highest BCUT2D eigenvalue weighted by atomic mass is 32.2. The van der Waals surface area contributed by atoms with Crippen LogP contribution in [0.5, 0.6) is 17.4 Å². The minimum absolute atomic E-state index is 0.0446. The first-order valence-electron chi connectivity index (χ1n) is 10.7. The summed E-state index contributed by atoms with van der Waals surface area (Å²) >= 11 is 0. The molecule has 33 heavy (non-hydrogen) atoms. The Hall–Kier alpha value is -3.39. The van der Waals surface area contributed by atoms with E-state index in [1.54, 1.807) is 48.5 Å². The van der Waals surface area contributed by atoms with Gasteiger partial charge in [0.15, 0.2) is 5.03 Å². The maximum Gasteiger partial charge on any atom is 0.306 e. The van der Waals surface area contributed by atoms with Crippen LogP contribution in [0, 0.1) is 0 Å². The molecule has 0 saturated heterocycles. The first-order chi connectivity index (χ1) is 15.9. The monoisotopic (exact) mass is 469 g/mol. The predicted molar refractivity (Wildman–Crippen MR) is 123 cm³/mol. The SMILES string of the molecule is CCCCCC(=O)OCc1ccc(Oc2ccccc2)nc1S(=O)(=O)c1ccc(OC)cc1. The standard InChI is InChI=1S/C25H27NO6S/c1-3-4-6-11-24(27)31-18-19-12-17-23(32-21-9-7-5-8-10-21)26-25(19)33(28,29)22-15-13-20(30-2)14-16-22/h5,7-10,12-17H,3-4,6,11,18H2,1-2H3. The summed E-state index contributed by atoms with van der Waals surface area (Å²) in [6.45, 7) is 1.85. The molecule has 0 N–H and O–H groups in total. The lowest BCUT2D eigenvalue weighted by atomic mass is 10.2. The van der Waals surface area contributed by atoms with Crippen LogP contribution in [0.3, 0.4) is 0 Å². The predicted octanol–water partition coefficient (Wildman–Crippen LogP) is 5.34. The van der Waals surface area contributed by atoms with Gasteiger partial charge >= 0.3 is 5.97 Å². The minimum atomic E-state index is -4.02. The molecule has 0 saturated carbocycles. The van der Waals surface area contributed by atoms with E-state index in [-0.39, 0.29) is 40.4 Å². The molecule has 0 aliphatic rings. The number of carbonyl (C=O) groups excluding carboxylic acids is 1. The number of hydrogen-bond donors (Lipinski definition) is 0. The Labute approximate surface area is 194 Å². The number of hydrogen-bond acceptors (Lipinski definition) is 7. The zero-order valence-corrected chi connectivity index (χ0v) is 19.5. The van der Waals surface area contributed by atoms with E-state index in [9.17, 15) is 13.2 Å². The lowest BCUT2D eigenvalue weighted by molar-refractivity contribution is -0.145. The Bertz CT molecular complexity index is 1160. The summed E-state index contributed by atoms with van der Waals surface area (Å²) in [5.74, 6) is 0.796. The third-order valence-electron chi connectivity index (χ3n) is 4.88. The third-order valence-corrected chi connectivity index (χ3v) is 6.63. The lowest BCUT2D eigenvalue weighted by Gasteiger charge is -2.13. The Balaban J connectivity index is 1.91. The quantitative estimate of drug-likeness (QED) is 0.276. The van der Waals surface area contributed by atoms with E-state index >= 15 is 0 Å². The van der Waals surface area contributed by atoms with Crippen molar-refractivity contribution in [2.45, 2.75) is 49.1 Å². The molecular weight excluding hydrogens is 442 g/mol. The van der Waals surface area contributed by atoms with Gasteiger partial charge in [0.05, 0.1) is 12.0 Å². The van der Waals surface area contributed by atoms with Crippen LogP contribution in [0.1, 0.15) is 38.2 Å². The number of ether oxygens (including phenoxy) is 3. The van der Waals surface area contributed by atoms with Gasteiger partial charge in [0.25, 0.3) is 0 Å². The van der Waals surface area contributed by atoms with Gasteiger partial charge in [0.1, 0.15) is 18.1 Å². The van der Waals surface area contributed by atoms with Gasteiger partial charge in [-0.25, -0.2) is 13.4 Å². The number of sulfone groups is 1. The van der Waals surface area contributed by atoms with Crippen LogP contribution in [-0.2, 0) is 26.0 Å². The summed E-state index contributed by atoms with van der Waals surface area (Å²) < 4.78 is 43.0. The molecule has 7 nitrogen and oxygen atoms in total. The summed E-state index contributed by atoms with van der Waals surface area (Å²) in [4.78, 5) is 16.4. The molecule has 0 amide bonds. The topological polar surface area (TPSA) is 91.8 Å². The molecule has 0 bridgehead atoms. The number of benzene rings is 2. The van der Waals surface area contributed by atoms with Gasteiger partial charge in [0, 0.05) is 18.1 Å². The highest BCUT2D eigenvalue weighted by Crippen LogP contribution is 2.28. The molecule has 0 radical (unpaired) electrons. The van der Waals surface area contributed by atoms with Crippen molar-refractivity contribution in [1.82, 2.24) is 4.98 Å². The van der Waals surface area contributed by atoms with Crippen molar-refractivity contribution < 1.29 is 27.4 Å². The summed E-state index contributed by atoms with van der Waals surface area (Å²) in [6, 6.07) is 18.1. The normalized spacial score (nSPS) is 11.1. The van der Waals surface area contributed by atoms with Gasteiger partial charge in [-0.1, -0.05) is 38.0 Å². The highest BCUT2D eigenvalue weighted by molar-refractivity contribution is 7.91. The lowest BCUT2D eigenvalue weighted by Crippen LogP contribution is -2.12. The van der Waals surface area contributed by atoms with Crippen LogP contribution in [0.4, 0.5) is 0 Å². The molecule has 1 heterocycles. The number of carbonyl (C=O) groups is 1. The van der Waals surface area contributed by atoms with E-state index in [4.69, 9.17) is 14.2 Å². The van der Waals surface area contributed by atoms with Gasteiger partial charge in [-0.15, -0.1) is 0 Å². The maximum atomic E-state index is 13.4. The van der Waals surface area contributed by atoms with Crippen molar-refractivity contribution in [3.05, 3.63) is 72.3 Å². The van der Waals surface area contributed by atoms with Crippen LogP contribution < -0.4 is 9.47 Å². The van der Waals surface area contributed by atoms with Gasteiger partial charge < -0.3 is 14.2 Å².